The highest BCUT2D eigenvalue weighted by Gasteiger charge is 2.26. The molecule has 0 saturated heterocycles. The summed E-state index contributed by atoms with van der Waals surface area (Å²) in [7, 11) is -2.46. The molecule has 0 aliphatic rings. The van der Waals surface area contributed by atoms with Gasteiger partial charge in [0.2, 0.25) is 0 Å². The van der Waals surface area contributed by atoms with Crippen LogP contribution in [0.3, 0.4) is 0 Å². The highest BCUT2D eigenvalue weighted by molar-refractivity contribution is 7.48. The molecule has 210 valence electrons. The van der Waals surface area contributed by atoms with Crippen LogP contribution in [0, 0.1) is 23.7 Å². The third-order valence-electron chi connectivity index (χ3n) is 6.28. The van der Waals surface area contributed by atoms with Crippen LogP contribution in [-0.4, -0.2) is 45.5 Å². The molecule has 8 nitrogen and oxygen atoms in total. The van der Waals surface area contributed by atoms with Crippen molar-refractivity contribution in [2.24, 2.45) is 35.1 Å². The van der Waals surface area contributed by atoms with E-state index in [0.29, 0.717) is 6.42 Å². The number of nitrogens with two attached hydrogens (primary N) is 2. The minimum atomic E-state index is -3.68. The van der Waals surface area contributed by atoms with Gasteiger partial charge in [0.15, 0.2) is 0 Å². The number of hydrogen-bond acceptors (Lipinski definition) is 8. The lowest BCUT2D eigenvalue weighted by molar-refractivity contribution is -0.145. The van der Waals surface area contributed by atoms with Gasteiger partial charge in [-0.15, -0.1) is 0 Å². The van der Waals surface area contributed by atoms with Crippen LogP contribution >= 0.6 is 7.82 Å². The van der Waals surface area contributed by atoms with Gasteiger partial charge in [-0.25, -0.2) is 4.57 Å². The van der Waals surface area contributed by atoms with Crippen LogP contribution in [0.5, 0.6) is 0 Å². The molecule has 9 heteroatoms. The van der Waals surface area contributed by atoms with Crippen molar-refractivity contribution in [2.45, 2.75) is 105 Å². The second kappa shape index (κ2) is 20.5. The minimum absolute atomic E-state index is 0.0148. The van der Waals surface area contributed by atoms with E-state index in [4.69, 9.17) is 29.8 Å². The van der Waals surface area contributed by atoms with Gasteiger partial charge >= 0.3 is 13.8 Å². The summed E-state index contributed by atoms with van der Waals surface area (Å²) in [5, 5.41) is 0. The first-order chi connectivity index (χ1) is 16.5. The molecule has 0 heterocycles. The summed E-state index contributed by atoms with van der Waals surface area (Å²) in [6.07, 6.45) is 11.7. The molecular weight excluding hydrogens is 467 g/mol. The summed E-state index contributed by atoms with van der Waals surface area (Å²) >= 11 is 0. The van der Waals surface area contributed by atoms with Gasteiger partial charge in [-0.05, 0) is 23.7 Å². The standard InChI is InChI=1S/C26H55N2O6P/c1-21(2)10-7-11-22(3)12-8-13-23(4)14-9-15-24(5)18-26(29)32-19-25(28)20-34-35(30,31-6)33-17-16-27/h21-25H,7-20,27-28H2,1-6H3. The largest absolute Gasteiger partial charge is 0.474 e. The third kappa shape index (κ3) is 20.3. The van der Waals surface area contributed by atoms with Crippen molar-refractivity contribution >= 4 is 13.8 Å². The van der Waals surface area contributed by atoms with Gasteiger partial charge in [0.1, 0.15) is 6.61 Å². The molecule has 0 amide bonds. The lowest BCUT2D eigenvalue weighted by Crippen LogP contribution is -2.32. The van der Waals surface area contributed by atoms with E-state index in [2.05, 4.69) is 34.6 Å². The molecule has 0 aliphatic heterocycles. The molecule has 0 aromatic rings. The smallest absolute Gasteiger partial charge is 0.464 e. The van der Waals surface area contributed by atoms with E-state index in [1.807, 2.05) is 0 Å². The molecule has 4 N–H and O–H groups in total. The first kappa shape index (κ1) is 34.5. The van der Waals surface area contributed by atoms with Crippen molar-refractivity contribution in [3.63, 3.8) is 0 Å². The van der Waals surface area contributed by atoms with Crippen molar-refractivity contribution in [3.8, 4) is 0 Å². The fraction of sp³-hybridized carbons (Fsp3) is 0.962. The summed E-state index contributed by atoms with van der Waals surface area (Å²) in [4.78, 5) is 12.1. The van der Waals surface area contributed by atoms with E-state index < -0.39 is 13.9 Å². The van der Waals surface area contributed by atoms with E-state index >= 15 is 0 Å². The summed E-state index contributed by atoms with van der Waals surface area (Å²) in [6, 6.07) is -0.627. The lowest BCUT2D eigenvalue weighted by Gasteiger charge is -2.19. The molecule has 35 heavy (non-hydrogen) atoms. The maximum absolute atomic E-state index is 12.1. The Bertz CT molecular complexity index is 578. The number of carbonyl (C=O) groups is 1. The van der Waals surface area contributed by atoms with Gasteiger partial charge in [0.25, 0.3) is 0 Å². The van der Waals surface area contributed by atoms with E-state index in [0.717, 1.165) is 30.6 Å². The van der Waals surface area contributed by atoms with Crippen molar-refractivity contribution < 1.29 is 27.7 Å². The normalized spacial score (nSPS) is 17.1. The average molecular weight is 523 g/mol. The molecule has 0 bridgehead atoms. The fourth-order valence-corrected chi connectivity index (χ4v) is 4.97. The first-order valence-corrected chi connectivity index (χ1v) is 15.0. The zero-order valence-corrected chi connectivity index (χ0v) is 24.2. The van der Waals surface area contributed by atoms with Crippen LogP contribution in [-0.2, 0) is 27.7 Å². The number of phosphoric acid groups is 1. The predicted molar refractivity (Wildman–Crippen MR) is 143 cm³/mol. The fourth-order valence-electron chi connectivity index (χ4n) is 3.98. The molecule has 0 aliphatic carbocycles. The second-order valence-corrected chi connectivity index (χ2v) is 12.5. The molecule has 0 rings (SSSR count). The first-order valence-electron chi connectivity index (χ1n) is 13.6. The highest BCUT2D eigenvalue weighted by atomic mass is 31.2. The van der Waals surface area contributed by atoms with Crippen LogP contribution in [0.2, 0.25) is 0 Å². The molecule has 0 aromatic heterocycles. The van der Waals surface area contributed by atoms with Gasteiger partial charge in [-0.3, -0.25) is 18.4 Å². The van der Waals surface area contributed by atoms with E-state index in [1.165, 1.54) is 52.1 Å². The van der Waals surface area contributed by atoms with Gasteiger partial charge in [-0.2, -0.15) is 0 Å². The number of carbonyl (C=O) groups excluding carboxylic acids is 1. The number of esters is 1. The van der Waals surface area contributed by atoms with Crippen LogP contribution in [0.15, 0.2) is 0 Å². The summed E-state index contributed by atoms with van der Waals surface area (Å²) in [5.74, 6) is 2.37. The Hall–Kier alpha value is -0.500. The zero-order chi connectivity index (χ0) is 26.7. The monoisotopic (exact) mass is 522 g/mol. The molecule has 0 saturated carbocycles. The van der Waals surface area contributed by atoms with Crippen molar-refractivity contribution in [3.05, 3.63) is 0 Å². The Balaban J connectivity index is 3.91. The Morgan fingerprint density at radius 2 is 1.31 bits per heavy atom. The number of ether oxygens (including phenoxy) is 1. The van der Waals surface area contributed by atoms with Crippen molar-refractivity contribution in [2.75, 3.05) is 33.5 Å². The molecule has 0 fully saturated rings. The Morgan fingerprint density at radius 1 is 0.800 bits per heavy atom. The average Bonchev–Trinajstić information content (AvgIpc) is 2.79. The second-order valence-electron chi connectivity index (χ2n) is 10.7. The van der Waals surface area contributed by atoms with Crippen LogP contribution in [0.4, 0.5) is 0 Å². The topological polar surface area (TPSA) is 123 Å². The van der Waals surface area contributed by atoms with Crippen LogP contribution in [0.25, 0.3) is 0 Å². The van der Waals surface area contributed by atoms with Crippen LogP contribution < -0.4 is 11.5 Å². The van der Waals surface area contributed by atoms with Crippen molar-refractivity contribution in [1.29, 1.82) is 0 Å². The Labute approximate surface area is 215 Å². The van der Waals surface area contributed by atoms with E-state index in [1.54, 1.807) is 0 Å². The minimum Gasteiger partial charge on any atom is -0.464 e. The zero-order valence-electron chi connectivity index (χ0n) is 23.3. The van der Waals surface area contributed by atoms with E-state index in [-0.39, 0.29) is 38.3 Å². The van der Waals surface area contributed by atoms with Gasteiger partial charge < -0.3 is 16.2 Å². The maximum atomic E-state index is 12.1. The maximum Gasteiger partial charge on any atom is 0.474 e. The number of phosphoric ester groups is 1. The van der Waals surface area contributed by atoms with E-state index in [9.17, 15) is 9.36 Å². The third-order valence-corrected chi connectivity index (χ3v) is 7.69. The molecule has 5 unspecified atom stereocenters. The van der Waals surface area contributed by atoms with Gasteiger partial charge in [-0.1, -0.05) is 92.4 Å². The Morgan fingerprint density at radius 3 is 1.80 bits per heavy atom. The SMILES string of the molecule is COP(=O)(OCCN)OCC(N)COC(=O)CC(C)CCCC(C)CCCC(C)CCCC(C)C. The number of hydrogen-bond donors (Lipinski definition) is 2. The molecular formula is C26H55N2O6P. The summed E-state index contributed by atoms with van der Waals surface area (Å²) < 4.78 is 32.3. The van der Waals surface area contributed by atoms with Crippen LogP contribution in [0.1, 0.15) is 98.8 Å². The van der Waals surface area contributed by atoms with Gasteiger partial charge in [0.05, 0.1) is 19.3 Å². The number of rotatable bonds is 23. The summed E-state index contributed by atoms with van der Waals surface area (Å²) in [5.41, 5.74) is 11.2. The lowest BCUT2D eigenvalue weighted by atomic mass is 9.91. The highest BCUT2D eigenvalue weighted by Crippen LogP contribution is 2.48. The quantitative estimate of drug-likeness (QED) is 0.122. The molecule has 0 spiro atoms. The Kier molecular flexibility index (Phi) is 20.3. The predicted octanol–water partition coefficient (Wildman–Crippen LogP) is 6.07. The summed E-state index contributed by atoms with van der Waals surface area (Å²) in [6.45, 7) is 11.5. The molecule has 5 atom stereocenters. The van der Waals surface area contributed by atoms with Gasteiger partial charge in [0, 0.05) is 20.1 Å². The molecule has 0 radical (unpaired) electrons. The molecule has 0 aromatic carbocycles. The van der Waals surface area contributed by atoms with Crippen molar-refractivity contribution in [1.82, 2.24) is 0 Å².